The van der Waals surface area contributed by atoms with E-state index in [1.165, 1.54) is 6.07 Å². The molecule has 0 aromatic heterocycles. The molecule has 1 aliphatic heterocycles. The molecule has 1 aromatic carbocycles. The van der Waals surface area contributed by atoms with Gasteiger partial charge in [0.25, 0.3) is 0 Å². The third-order valence-electron chi connectivity index (χ3n) is 4.21. The van der Waals surface area contributed by atoms with Gasteiger partial charge in [0.1, 0.15) is 5.60 Å². The van der Waals surface area contributed by atoms with E-state index in [0.717, 1.165) is 24.0 Å². The predicted molar refractivity (Wildman–Crippen MR) is 97.1 cm³/mol. The van der Waals surface area contributed by atoms with Crippen molar-refractivity contribution in [1.82, 2.24) is 4.90 Å². The van der Waals surface area contributed by atoms with Crippen LogP contribution in [0.2, 0.25) is 0 Å². The topological polar surface area (TPSA) is 81.9 Å². The summed E-state index contributed by atoms with van der Waals surface area (Å²) in [5, 5.41) is 11.2. The number of ether oxygens (including phenoxy) is 2. The maximum Gasteiger partial charge on any atom is 0.410 e. The first-order valence-corrected chi connectivity index (χ1v) is 8.85. The highest BCUT2D eigenvalue weighted by atomic mass is 16.6. The van der Waals surface area contributed by atoms with Crippen molar-refractivity contribution >= 4 is 17.4 Å². The fraction of sp³-hybridized carbons (Fsp3) is 0.526. The van der Waals surface area contributed by atoms with Gasteiger partial charge >= 0.3 is 11.8 Å². The van der Waals surface area contributed by atoms with Crippen molar-refractivity contribution in [2.45, 2.75) is 51.7 Å². The summed E-state index contributed by atoms with van der Waals surface area (Å²) in [4.78, 5) is 24.6. The summed E-state index contributed by atoms with van der Waals surface area (Å²) in [5.41, 5.74) is 1.43. The lowest BCUT2D eigenvalue weighted by Crippen LogP contribution is -2.39. The third kappa shape index (κ3) is 4.53. The lowest BCUT2D eigenvalue weighted by molar-refractivity contribution is -0.385. The Bertz CT molecular complexity index is 747. The van der Waals surface area contributed by atoms with E-state index in [-0.39, 0.29) is 17.9 Å². The van der Waals surface area contributed by atoms with Crippen LogP contribution in [0.4, 0.5) is 10.5 Å². The van der Waals surface area contributed by atoms with E-state index >= 15 is 0 Å². The van der Waals surface area contributed by atoms with E-state index in [1.807, 2.05) is 26.8 Å². The van der Waals surface area contributed by atoms with Gasteiger partial charge in [0.15, 0.2) is 5.75 Å². The second-order valence-corrected chi connectivity index (χ2v) is 7.66. The van der Waals surface area contributed by atoms with Crippen molar-refractivity contribution in [3.8, 4) is 5.75 Å². The van der Waals surface area contributed by atoms with Crippen molar-refractivity contribution in [3.05, 3.63) is 40.0 Å². The fourth-order valence-electron chi connectivity index (χ4n) is 2.75. The van der Waals surface area contributed by atoms with Gasteiger partial charge in [0.2, 0.25) is 0 Å². The highest BCUT2D eigenvalue weighted by molar-refractivity contribution is 5.74. The maximum atomic E-state index is 12.1. The molecule has 0 atom stereocenters. The van der Waals surface area contributed by atoms with Crippen LogP contribution in [0.1, 0.15) is 45.6 Å². The molecule has 7 heteroatoms. The molecule has 0 N–H and O–H groups in total. The Kier molecular flexibility index (Phi) is 4.89. The lowest BCUT2D eigenvalue weighted by atomic mass is 9.99. The fourth-order valence-corrected chi connectivity index (χ4v) is 2.75. The van der Waals surface area contributed by atoms with E-state index in [9.17, 15) is 14.9 Å². The van der Waals surface area contributed by atoms with Crippen molar-refractivity contribution in [2.24, 2.45) is 0 Å². The SMILES string of the molecule is CC(C)(C)OC(=O)N1CC=C(c2ccc([N+](=O)[O-])c(OC3CC3)c2)CC1. The van der Waals surface area contributed by atoms with E-state index < -0.39 is 10.5 Å². The Hall–Kier alpha value is -2.57. The van der Waals surface area contributed by atoms with E-state index in [2.05, 4.69) is 0 Å². The molecule has 1 saturated carbocycles. The summed E-state index contributed by atoms with van der Waals surface area (Å²) in [6, 6.07) is 4.98. The molecule has 0 radical (unpaired) electrons. The minimum absolute atomic E-state index is 0.00700. The summed E-state index contributed by atoms with van der Waals surface area (Å²) < 4.78 is 11.1. The zero-order chi connectivity index (χ0) is 18.9. The average Bonchev–Trinajstić information content (AvgIpc) is 3.37. The highest BCUT2D eigenvalue weighted by Gasteiger charge is 2.28. The van der Waals surface area contributed by atoms with Crippen molar-refractivity contribution < 1.29 is 19.2 Å². The smallest absolute Gasteiger partial charge is 0.410 e. The summed E-state index contributed by atoms with van der Waals surface area (Å²) in [5.74, 6) is 0.325. The van der Waals surface area contributed by atoms with Crippen LogP contribution >= 0.6 is 0 Å². The van der Waals surface area contributed by atoms with Crippen LogP contribution in [0.3, 0.4) is 0 Å². The van der Waals surface area contributed by atoms with Crippen molar-refractivity contribution in [1.29, 1.82) is 0 Å². The lowest BCUT2D eigenvalue weighted by Gasteiger charge is -2.29. The minimum atomic E-state index is -0.519. The number of hydrogen-bond acceptors (Lipinski definition) is 5. The quantitative estimate of drug-likeness (QED) is 0.595. The first kappa shape index (κ1) is 18.2. The monoisotopic (exact) mass is 360 g/mol. The van der Waals surface area contributed by atoms with Crippen LogP contribution in [0.25, 0.3) is 5.57 Å². The number of rotatable bonds is 4. The molecule has 26 heavy (non-hydrogen) atoms. The number of carbonyl (C=O) groups excluding carboxylic acids is 1. The molecular formula is C19H24N2O5. The van der Waals surface area contributed by atoms with Gasteiger partial charge in [-0.05, 0) is 63.3 Å². The van der Waals surface area contributed by atoms with E-state index in [1.54, 1.807) is 17.0 Å². The van der Waals surface area contributed by atoms with Crippen LogP contribution in [-0.2, 0) is 4.74 Å². The predicted octanol–water partition coefficient (Wildman–Crippen LogP) is 4.16. The minimum Gasteiger partial charge on any atom is -0.483 e. The molecule has 140 valence electrons. The highest BCUT2D eigenvalue weighted by Crippen LogP contribution is 2.36. The number of carbonyl (C=O) groups is 1. The number of nitro benzene ring substituents is 1. The first-order chi connectivity index (χ1) is 12.2. The second-order valence-electron chi connectivity index (χ2n) is 7.66. The summed E-state index contributed by atoms with van der Waals surface area (Å²) >= 11 is 0. The Morgan fingerprint density at radius 1 is 1.31 bits per heavy atom. The molecule has 7 nitrogen and oxygen atoms in total. The van der Waals surface area contributed by atoms with Crippen molar-refractivity contribution in [2.75, 3.05) is 13.1 Å². The molecule has 1 aromatic rings. The molecule has 0 bridgehead atoms. The van der Waals surface area contributed by atoms with Crippen LogP contribution in [0.15, 0.2) is 24.3 Å². The Morgan fingerprint density at radius 2 is 2.04 bits per heavy atom. The molecule has 1 amide bonds. The average molecular weight is 360 g/mol. The molecule has 1 heterocycles. The number of nitro groups is 1. The van der Waals surface area contributed by atoms with Crippen LogP contribution < -0.4 is 4.74 Å². The van der Waals surface area contributed by atoms with Gasteiger partial charge in [0.05, 0.1) is 11.0 Å². The van der Waals surface area contributed by atoms with Gasteiger partial charge < -0.3 is 14.4 Å². The van der Waals surface area contributed by atoms with Crippen LogP contribution in [-0.4, -0.2) is 40.7 Å². The van der Waals surface area contributed by atoms with Gasteiger partial charge in [-0.2, -0.15) is 0 Å². The van der Waals surface area contributed by atoms with Gasteiger partial charge in [-0.1, -0.05) is 6.08 Å². The zero-order valence-electron chi connectivity index (χ0n) is 15.4. The zero-order valence-corrected chi connectivity index (χ0v) is 15.4. The molecule has 0 spiro atoms. The number of hydrogen-bond donors (Lipinski definition) is 0. The molecule has 3 rings (SSSR count). The Morgan fingerprint density at radius 3 is 2.58 bits per heavy atom. The Balaban J connectivity index is 1.73. The maximum absolute atomic E-state index is 12.1. The van der Waals surface area contributed by atoms with Crippen LogP contribution in [0.5, 0.6) is 5.75 Å². The van der Waals surface area contributed by atoms with Crippen molar-refractivity contribution in [3.63, 3.8) is 0 Å². The molecule has 1 aliphatic carbocycles. The standard InChI is InChI=1S/C19H24N2O5/c1-19(2,3)26-18(22)20-10-8-13(9-11-20)14-4-7-16(21(23)24)17(12-14)25-15-5-6-15/h4,7-8,12,15H,5-6,9-11H2,1-3H3. The largest absolute Gasteiger partial charge is 0.483 e. The molecular weight excluding hydrogens is 336 g/mol. The van der Waals surface area contributed by atoms with Crippen LogP contribution in [0, 0.1) is 10.1 Å². The number of benzene rings is 1. The van der Waals surface area contributed by atoms with E-state index in [0.29, 0.717) is 25.3 Å². The first-order valence-electron chi connectivity index (χ1n) is 8.85. The van der Waals surface area contributed by atoms with E-state index in [4.69, 9.17) is 9.47 Å². The third-order valence-corrected chi connectivity index (χ3v) is 4.21. The summed E-state index contributed by atoms with van der Waals surface area (Å²) in [6.07, 6.45) is 4.28. The molecule has 0 saturated heterocycles. The molecule has 2 aliphatic rings. The number of amides is 1. The summed E-state index contributed by atoms with van der Waals surface area (Å²) in [7, 11) is 0. The normalized spacial score (nSPS) is 17.5. The second kappa shape index (κ2) is 6.97. The van der Waals surface area contributed by atoms with Gasteiger partial charge in [-0.25, -0.2) is 4.79 Å². The molecule has 0 unspecified atom stereocenters. The van der Waals surface area contributed by atoms with Gasteiger partial charge in [0, 0.05) is 19.2 Å². The van der Waals surface area contributed by atoms with Gasteiger partial charge in [-0.15, -0.1) is 0 Å². The Labute approximate surface area is 152 Å². The number of nitrogens with zero attached hydrogens (tertiary/aromatic N) is 2. The van der Waals surface area contributed by atoms with Gasteiger partial charge in [-0.3, -0.25) is 10.1 Å². The summed E-state index contributed by atoms with van der Waals surface area (Å²) in [6.45, 7) is 6.54. The molecule has 1 fully saturated rings.